The van der Waals surface area contributed by atoms with Gasteiger partial charge in [0, 0.05) is 11.6 Å². The Hall–Kier alpha value is -1.26. The second kappa shape index (κ2) is 6.35. The van der Waals surface area contributed by atoms with Gasteiger partial charge in [0.2, 0.25) is 0 Å². The SMILES string of the molecule is CC(Oc1ccc(Cl)cc1)C(=O)NCCO. The molecule has 0 fully saturated rings. The molecule has 16 heavy (non-hydrogen) atoms. The molecule has 1 atom stereocenters. The average Bonchev–Trinajstić information content (AvgIpc) is 2.29. The topological polar surface area (TPSA) is 58.6 Å². The predicted octanol–water partition coefficient (Wildman–Crippen LogP) is 1.22. The lowest BCUT2D eigenvalue weighted by atomic mass is 10.3. The molecule has 0 aliphatic rings. The van der Waals surface area contributed by atoms with Crippen molar-refractivity contribution in [2.24, 2.45) is 0 Å². The fourth-order valence-corrected chi connectivity index (χ4v) is 1.22. The van der Waals surface area contributed by atoms with Crippen LogP contribution in [-0.2, 0) is 4.79 Å². The zero-order valence-electron chi connectivity index (χ0n) is 8.94. The number of aliphatic hydroxyl groups excluding tert-OH is 1. The van der Waals surface area contributed by atoms with E-state index in [1.807, 2.05) is 0 Å². The molecule has 1 amide bonds. The van der Waals surface area contributed by atoms with Crippen molar-refractivity contribution in [2.75, 3.05) is 13.2 Å². The van der Waals surface area contributed by atoms with E-state index in [2.05, 4.69) is 5.32 Å². The van der Waals surface area contributed by atoms with Crippen LogP contribution < -0.4 is 10.1 Å². The van der Waals surface area contributed by atoms with Crippen molar-refractivity contribution in [3.63, 3.8) is 0 Å². The monoisotopic (exact) mass is 243 g/mol. The van der Waals surface area contributed by atoms with Crippen molar-refractivity contribution in [1.82, 2.24) is 5.32 Å². The summed E-state index contributed by atoms with van der Waals surface area (Å²) in [7, 11) is 0. The maximum Gasteiger partial charge on any atom is 0.260 e. The number of nitrogens with one attached hydrogen (secondary N) is 1. The van der Waals surface area contributed by atoms with Gasteiger partial charge in [0.25, 0.3) is 5.91 Å². The summed E-state index contributed by atoms with van der Waals surface area (Å²) in [5.74, 6) is 0.319. The van der Waals surface area contributed by atoms with E-state index in [-0.39, 0.29) is 19.1 Å². The molecule has 2 N–H and O–H groups in total. The Morgan fingerprint density at radius 2 is 2.12 bits per heavy atom. The van der Waals surface area contributed by atoms with Crippen molar-refractivity contribution in [1.29, 1.82) is 0 Å². The number of carbonyl (C=O) groups is 1. The number of hydrogen-bond acceptors (Lipinski definition) is 3. The number of ether oxygens (including phenoxy) is 1. The number of benzene rings is 1. The van der Waals surface area contributed by atoms with Crippen molar-refractivity contribution < 1.29 is 14.6 Å². The molecule has 0 saturated heterocycles. The van der Waals surface area contributed by atoms with Gasteiger partial charge in [-0.15, -0.1) is 0 Å². The van der Waals surface area contributed by atoms with E-state index in [1.165, 1.54) is 0 Å². The summed E-state index contributed by atoms with van der Waals surface area (Å²) in [6.07, 6.45) is -0.604. The van der Waals surface area contributed by atoms with E-state index in [1.54, 1.807) is 31.2 Å². The maximum atomic E-state index is 11.4. The molecule has 1 aromatic carbocycles. The van der Waals surface area contributed by atoms with E-state index in [4.69, 9.17) is 21.4 Å². The standard InChI is InChI=1S/C11H14ClNO3/c1-8(11(15)13-6-7-14)16-10-4-2-9(12)3-5-10/h2-5,8,14H,6-7H2,1H3,(H,13,15). The first-order chi connectivity index (χ1) is 7.63. The number of rotatable bonds is 5. The van der Waals surface area contributed by atoms with Gasteiger partial charge in [-0.1, -0.05) is 11.6 Å². The van der Waals surface area contributed by atoms with Crippen LogP contribution in [0.25, 0.3) is 0 Å². The Bertz CT molecular complexity index is 340. The van der Waals surface area contributed by atoms with Crippen LogP contribution >= 0.6 is 11.6 Å². The molecule has 88 valence electrons. The molecule has 5 heteroatoms. The molecule has 0 bridgehead atoms. The largest absolute Gasteiger partial charge is 0.481 e. The third-order valence-corrected chi connectivity index (χ3v) is 2.16. The quantitative estimate of drug-likeness (QED) is 0.818. The van der Waals surface area contributed by atoms with Gasteiger partial charge < -0.3 is 15.2 Å². The van der Waals surface area contributed by atoms with Crippen molar-refractivity contribution in [3.05, 3.63) is 29.3 Å². The highest BCUT2D eigenvalue weighted by molar-refractivity contribution is 6.30. The van der Waals surface area contributed by atoms with Crippen LogP contribution in [0.4, 0.5) is 0 Å². The minimum absolute atomic E-state index is 0.0839. The van der Waals surface area contributed by atoms with E-state index in [9.17, 15) is 4.79 Å². The number of hydrogen-bond donors (Lipinski definition) is 2. The van der Waals surface area contributed by atoms with Gasteiger partial charge in [0.1, 0.15) is 5.75 Å². The van der Waals surface area contributed by atoms with Gasteiger partial charge in [0.05, 0.1) is 6.61 Å². The molecule has 0 aliphatic heterocycles. The van der Waals surface area contributed by atoms with Crippen LogP contribution in [0.3, 0.4) is 0 Å². The Kier molecular flexibility index (Phi) is 5.08. The Labute approximate surface area is 99.2 Å². The average molecular weight is 244 g/mol. The third-order valence-electron chi connectivity index (χ3n) is 1.91. The third kappa shape index (κ3) is 4.08. The molecule has 0 saturated carbocycles. The normalized spacial score (nSPS) is 11.9. The molecule has 0 radical (unpaired) electrons. The molecule has 1 unspecified atom stereocenters. The van der Waals surface area contributed by atoms with Gasteiger partial charge >= 0.3 is 0 Å². The first-order valence-corrected chi connectivity index (χ1v) is 5.32. The Morgan fingerprint density at radius 3 is 2.69 bits per heavy atom. The van der Waals surface area contributed by atoms with Crippen LogP contribution in [0.2, 0.25) is 5.02 Å². The summed E-state index contributed by atoms with van der Waals surface area (Å²) in [5.41, 5.74) is 0. The highest BCUT2D eigenvalue weighted by Gasteiger charge is 2.13. The van der Waals surface area contributed by atoms with Crippen LogP contribution in [-0.4, -0.2) is 30.3 Å². The zero-order chi connectivity index (χ0) is 12.0. The van der Waals surface area contributed by atoms with Gasteiger partial charge in [-0.25, -0.2) is 0 Å². The highest BCUT2D eigenvalue weighted by atomic mass is 35.5. The molecule has 0 aliphatic carbocycles. The molecule has 4 nitrogen and oxygen atoms in total. The number of aliphatic hydroxyl groups is 1. The molecule has 1 aromatic rings. The van der Waals surface area contributed by atoms with E-state index in [0.717, 1.165) is 0 Å². The van der Waals surface area contributed by atoms with E-state index < -0.39 is 6.10 Å². The fraction of sp³-hybridized carbons (Fsp3) is 0.364. The summed E-state index contributed by atoms with van der Waals surface area (Å²) in [5, 5.41) is 11.7. The summed E-state index contributed by atoms with van der Waals surface area (Å²) in [4.78, 5) is 11.4. The summed E-state index contributed by atoms with van der Waals surface area (Å²) < 4.78 is 5.38. The summed E-state index contributed by atoms with van der Waals surface area (Å²) in [6.45, 7) is 1.79. The number of amides is 1. The first-order valence-electron chi connectivity index (χ1n) is 4.94. The van der Waals surface area contributed by atoms with Crippen LogP contribution in [0.5, 0.6) is 5.75 Å². The van der Waals surface area contributed by atoms with Gasteiger partial charge in [0.15, 0.2) is 6.10 Å². The summed E-state index contributed by atoms with van der Waals surface area (Å²) >= 11 is 5.72. The number of carbonyl (C=O) groups excluding carboxylic acids is 1. The number of halogens is 1. The smallest absolute Gasteiger partial charge is 0.260 e. The summed E-state index contributed by atoms with van der Waals surface area (Å²) in [6, 6.07) is 6.76. The molecule has 0 aromatic heterocycles. The van der Waals surface area contributed by atoms with Crippen molar-refractivity contribution in [2.45, 2.75) is 13.0 Å². The van der Waals surface area contributed by atoms with Gasteiger partial charge in [-0.2, -0.15) is 0 Å². The Morgan fingerprint density at radius 1 is 1.50 bits per heavy atom. The lowest BCUT2D eigenvalue weighted by Crippen LogP contribution is -2.37. The lowest BCUT2D eigenvalue weighted by molar-refractivity contribution is -0.127. The van der Waals surface area contributed by atoms with Gasteiger partial charge in [-0.05, 0) is 31.2 Å². The second-order valence-electron chi connectivity index (χ2n) is 3.23. The molecule has 1 rings (SSSR count). The molecule has 0 heterocycles. The van der Waals surface area contributed by atoms with Crippen LogP contribution in [0.1, 0.15) is 6.92 Å². The van der Waals surface area contributed by atoms with Crippen molar-refractivity contribution in [3.8, 4) is 5.75 Å². The minimum Gasteiger partial charge on any atom is -0.481 e. The van der Waals surface area contributed by atoms with Crippen molar-refractivity contribution >= 4 is 17.5 Å². The molecule has 0 spiro atoms. The van der Waals surface area contributed by atoms with Crippen LogP contribution in [0.15, 0.2) is 24.3 Å². The molecular weight excluding hydrogens is 230 g/mol. The van der Waals surface area contributed by atoms with Gasteiger partial charge in [-0.3, -0.25) is 4.79 Å². The fourth-order valence-electron chi connectivity index (χ4n) is 1.09. The lowest BCUT2D eigenvalue weighted by Gasteiger charge is -2.14. The minimum atomic E-state index is -0.604. The zero-order valence-corrected chi connectivity index (χ0v) is 9.70. The van der Waals surface area contributed by atoms with Crippen LogP contribution in [0, 0.1) is 0 Å². The second-order valence-corrected chi connectivity index (χ2v) is 3.67. The first kappa shape index (κ1) is 12.8. The van der Waals surface area contributed by atoms with E-state index >= 15 is 0 Å². The Balaban J connectivity index is 2.47. The highest BCUT2D eigenvalue weighted by Crippen LogP contribution is 2.16. The predicted molar refractivity (Wildman–Crippen MR) is 61.6 cm³/mol. The molecular formula is C11H14ClNO3. The maximum absolute atomic E-state index is 11.4. The van der Waals surface area contributed by atoms with E-state index in [0.29, 0.717) is 10.8 Å².